The first kappa shape index (κ1) is 22.5. The van der Waals surface area contributed by atoms with Gasteiger partial charge in [-0.3, -0.25) is 19.2 Å². The largest absolute Gasteiger partial charge is 0.482 e. The summed E-state index contributed by atoms with van der Waals surface area (Å²) in [6, 6.07) is 8.63. The van der Waals surface area contributed by atoms with Gasteiger partial charge in [-0.25, -0.2) is 4.98 Å². The number of nitrogens with zero attached hydrogens (tertiary/aromatic N) is 1. The number of carbonyl (C=O) groups excluding carboxylic acids is 2. The average Bonchev–Trinajstić information content (AvgIpc) is 2.81. The van der Waals surface area contributed by atoms with Gasteiger partial charge < -0.3 is 30.8 Å². The monoisotopic (exact) mass is 463 g/mol. The fraction of sp³-hybridized carbons (Fsp3) is 0.174. The fourth-order valence-electron chi connectivity index (χ4n) is 3.30. The van der Waals surface area contributed by atoms with Crippen molar-refractivity contribution in [1.29, 1.82) is 0 Å². The molecule has 0 fully saturated rings. The predicted octanol–water partition coefficient (Wildman–Crippen LogP) is 1.22. The Morgan fingerprint density at radius 3 is 2.79 bits per heavy atom. The highest BCUT2D eigenvalue weighted by atomic mass is 16.5. The van der Waals surface area contributed by atoms with E-state index in [4.69, 9.17) is 9.84 Å². The van der Waals surface area contributed by atoms with E-state index in [1.165, 1.54) is 25.1 Å². The number of nitrogens with one attached hydrogen (secondary N) is 4. The van der Waals surface area contributed by atoms with Crippen LogP contribution in [0.2, 0.25) is 0 Å². The third-order valence-corrected chi connectivity index (χ3v) is 5.15. The number of rotatable bonds is 7. The van der Waals surface area contributed by atoms with Crippen LogP contribution < -0.4 is 26.2 Å². The lowest BCUT2D eigenvalue weighted by Gasteiger charge is -2.19. The number of anilines is 1. The molecule has 1 aliphatic heterocycles. The lowest BCUT2D eigenvalue weighted by Crippen LogP contribution is -2.38. The van der Waals surface area contributed by atoms with Gasteiger partial charge in [-0.05, 0) is 42.8 Å². The van der Waals surface area contributed by atoms with E-state index in [0.29, 0.717) is 29.2 Å². The molecule has 1 atom stereocenters. The Hall–Kier alpha value is -4.67. The summed E-state index contributed by atoms with van der Waals surface area (Å²) < 4.78 is 5.34. The third-order valence-electron chi connectivity index (χ3n) is 5.15. The van der Waals surface area contributed by atoms with E-state index in [9.17, 15) is 19.2 Å². The molecule has 2 aromatic carbocycles. The molecule has 2 heterocycles. The molecule has 2 amide bonds. The number of carbonyl (C=O) groups is 3. The number of hydrogen-bond donors (Lipinski definition) is 5. The normalized spacial score (nSPS) is 13.3. The molecular weight excluding hydrogens is 442 g/mol. The van der Waals surface area contributed by atoms with Gasteiger partial charge in [-0.1, -0.05) is 12.6 Å². The quantitative estimate of drug-likeness (QED) is 0.349. The van der Waals surface area contributed by atoms with E-state index in [1.54, 1.807) is 12.1 Å². The summed E-state index contributed by atoms with van der Waals surface area (Å²) in [6.07, 6.45) is 0. The van der Waals surface area contributed by atoms with Crippen molar-refractivity contribution >= 4 is 40.1 Å². The smallest absolute Gasteiger partial charge is 0.325 e. The molecule has 0 aliphatic carbocycles. The minimum Gasteiger partial charge on any atom is -0.482 e. The number of ether oxygens (including phenoxy) is 1. The minimum absolute atomic E-state index is 0.0178. The van der Waals surface area contributed by atoms with Crippen LogP contribution in [0.5, 0.6) is 5.75 Å². The molecule has 34 heavy (non-hydrogen) atoms. The first-order chi connectivity index (χ1) is 16.2. The number of carboxylic acid groups (broad SMARTS) is 1. The van der Waals surface area contributed by atoms with Gasteiger partial charge in [0.25, 0.3) is 17.4 Å². The Bertz CT molecular complexity index is 1400. The molecule has 1 aromatic heterocycles. The van der Waals surface area contributed by atoms with Crippen molar-refractivity contribution in [1.82, 2.24) is 20.6 Å². The van der Waals surface area contributed by atoms with Crippen LogP contribution >= 0.6 is 0 Å². The molecule has 11 nitrogen and oxygen atoms in total. The molecule has 3 aromatic rings. The average molecular weight is 463 g/mol. The summed E-state index contributed by atoms with van der Waals surface area (Å²) in [5.41, 5.74) is 1.81. The zero-order chi connectivity index (χ0) is 24.4. The Balaban J connectivity index is 1.49. The number of H-pyrrole nitrogens is 1. The highest BCUT2D eigenvalue weighted by Crippen LogP contribution is 2.28. The number of carboxylic acids is 1. The van der Waals surface area contributed by atoms with Crippen molar-refractivity contribution in [2.45, 2.75) is 19.5 Å². The predicted molar refractivity (Wildman–Crippen MR) is 123 cm³/mol. The molecule has 0 saturated heterocycles. The number of benzene rings is 2. The summed E-state index contributed by atoms with van der Waals surface area (Å²) in [5, 5.41) is 17.3. The van der Waals surface area contributed by atoms with Gasteiger partial charge in [0, 0.05) is 12.1 Å². The highest BCUT2D eigenvalue weighted by Gasteiger charge is 2.18. The second kappa shape index (κ2) is 9.06. The van der Waals surface area contributed by atoms with Crippen LogP contribution in [0.3, 0.4) is 0 Å². The number of fused-ring (bicyclic) bond motifs is 2. The topological polar surface area (TPSA) is 163 Å². The van der Waals surface area contributed by atoms with Crippen LogP contribution in [-0.4, -0.2) is 45.5 Å². The van der Waals surface area contributed by atoms with Crippen LogP contribution in [0.15, 0.2) is 47.8 Å². The number of amides is 2. The van der Waals surface area contributed by atoms with E-state index in [1.807, 2.05) is 6.07 Å². The van der Waals surface area contributed by atoms with Gasteiger partial charge in [-0.2, -0.15) is 0 Å². The van der Waals surface area contributed by atoms with Crippen molar-refractivity contribution in [2.24, 2.45) is 0 Å². The molecule has 0 bridgehead atoms. The first-order valence-electron chi connectivity index (χ1n) is 10.3. The van der Waals surface area contributed by atoms with E-state index in [2.05, 4.69) is 32.5 Å². The molecule has 0 spiro atoms. The van der Waals surface area contributed by atoms with Gasteiger partial charge in [0.2, 0.25) is 0 Å². The molecule has 5 N–H and O–H groups in total. The third kappa shape index (κ3) is 4.72. The minimum atomic E-state index is -1.17. The van der Waals surface area contributed by atoms with Crippen LogP contribution in [0.4, 0.5) is 5.69 Å². The number of aliphatic carboxylic acids is 1. The van der Waals surface area contributed by atoms with Gasteiger partial charge in [0.05, 0.1) is 22.3 Å². The summed E-state index contributed by atoms with van der Waals surface area (Å²) >= 11 is 0. The van der Waals surface area contributed by atoms with E-state index < -0.39 is 23.5 Å². The summed E-state index contributed by atoms with van der Waals surface area (Å²) in [4.78, 5) is 54.4. The zero-order valence-corrected chi connectivity index (χ0v) is 18.1. The maximum absolute atomic E-state index is 12.6. The van der Waals surface area contributed by atoms with Crippen LogP contribution in [-0.2, 0) is 16.1 Å². The SMILES string of the molecule is C=C(NCc1ccc2c(c1)NC(=O)CO2)c1nc2ccc(C(=O)N[C@H](C)C(=O)O)cc2c(=O)[nH]1. The highest BCUT2D eigenvalue weighted by molar-refractivity contribution is 5.99. The molecule has 0 unspecified atom stereocenters. The van der Waals surface area contributed by atoms with Gasteiger partial charge in [0.1, 0.15) is 11.8 Å². The standard InChI is InChI=1S/C23H21N5O6/c1-11(24-9-13-3-6-18-17(7-13)26-19(29)10-34-18)20-27-16-5-4-14(8-15(16)22(31)28-20)21(30)25-12(2)23(32)33/h3-8,12,24H,1,9-10H2,2H3,(H,25,30)(H,26,29)(H,32,33)(H,27,28,31)/t12-/m1/s1. The number of aromatic nitrogens is 2. The Morgan fingerprint density at radius 1 is 1.24 bits per heavy atom. The Morgan fingerprint density at radius 2 is 2.03 bits per heavy atom. The second-order valence-corrected chi connectivity index (χ2v) is 7.68. The number of hydrogen-bond acceptors (Lipinski definition) is 7. The van der Waals surface area contributed by atoms with Gasteiger partial charge in [0.15, 0.2) is 12.4 Å². The van der Waals surface area contributed by atoms with E-state index >= 15 is 0 Å². The Kier molecular flexibility index (Phi) is 6.00. The van der Waals surface area contributed by atoms with E-state index in [0.717, 1.165) is 5.56 Å². The van der Waals surface area contributed by atoms with Crippen LogP contribution in [0.1, 0.15) is 28.7 Å². The van der Waals surface area contributed by atoms with Gasteiger partial charge >= 0.3 is 5.97 Å². The van der Waals surface area contributed by atoms with Crippen molar-refractivity contribution in [3.05, 3.63) is 70.3 Å². The molecule has 11 heteroatoms. The van der Waals surface area contributed by atoms with Crippen molar-refractivity contribution in [3.63, 3.8) is 0 Å². The summed E-state index contributed by atoms with van der Waals surface area (Å²) in [5.74, 6) is -1.19. The van der Waals surface area contributed by atoms with Crippen molar-refractivity contribution < 1.29 is 24.2 Å². The number of aromatic amines is 1. The lowest BCUT2D eigenvalue weighted by atomic mass is 10.1. The lowest BCUT2D eigenvalue weighted by molar-refractivity contribution is -0.138. The Labute approximate surface area is 192 Å². The van der Waals surface area contributed by atoms with Crippen LogP contribution in [0.25, 0.3) is 16.6 Å². The summed E-state index contributed by atoms with van der Waals surface area (Å²) in [6.45, 7) is 5.60. The second-order valence-electron chi connectivity index (χ2n) is 7.68. The summed E-state index contributed by atoms with van der Waals surface area (Å²) in [7, 11) is 0. The molecule has 0 saturated carbocycles. The van der Waals surface area contributed by atoms with Crippen molar-refractivity contribution in [2.75, 3.05) is 11.9 Å². The molecule has 4 rings (SSSR count). The van der Waals surface area contributed by atoms with Gasteiger partial charge in [-0.15, -0.1) is 0 Å². The molecular formula is C23H21N5O6. The first-order valence-corrected chi connectivity index (χ1v) is 10.3. The molecule has 174 valence electrons. The van der Waals surface area contributed by atoms with Crippen molar-refractivity contribution in [3.8, 4) is 5.75 Å². The van der Waals surface area contributed by atoms with Crippen LogP contribution in [0, 0.1) is 0 Å². The van der Waals surface area contributed by atoms with E-state index in [-0.39, 0.29) is 29.3 Å². The maximum Gasteiger partial charge on any atom is 0.325 e. The fourth-order valence-corrected chi connectivity index (χ4v) is 3.30. The molecule has 0 radical (unpaired) electrons. The molecule has 1 aliphatic rings. The maximum atomic E-state index is 12.6. The zero-order valence-electron chi connectivity index (χ0n) is 18.1.